The van der Waals surface area contributed by atoms with Crippen molar-refractivity contribution >= 4 is 6.15 Å². The van der Waals surface area contributed by atoms with Gasteiger partial charge in [-0.2, -0.15) is 9.59 Å². The number of hydrogen-bond acceptors (Lipinski definition) is 13. The minimum Gasteiger partial charge on any atom is -0.394 e. The number of hydrogen-bond donors (Lipinski definition) is 7. The first-order valence-electron chi connectivity index (χ1n) is 10.3. The minimum absolute atomic E-state index is 0.0288. The Labute approximate surface area is 192 Å². The lowest BCUT2D eigenvalue weighted by Crippen LogP contribution is -2.60. The molecule has 1 unspecified atom stereocenters. The summed E-state index contributed by atoms with van der Waals surface area (Å²) < 4.78 is 21.0. The van der Waals surface area contributed by atoms with Gasteiger partial charge in [-0.05, 0) is 41.5 Å². The van der Waals surface area contributed by atoms with Crippen LogP contribution in [0, 0.1) is 0 Å². The van der Waals surface area contributed by atoms with Gasteiger partial charge in [0.1, 0.15) is 42.7 Å². The SMILES string of the molecule is CC(C)(C)OC1O[C@H](CO)[C@@H](O)[C@H](O)[C@H]1O.CC(C)(C)O[C@@H]1OC[C@@H](O)[C@H](O)[C@H]1O.O=C=O. The maximum absolute atomic E-state index is 9.64. The Hall–Kier alpha value is -1.06. The van der Waals surface area contributed by atoms with Gasteiger partial charge >= 0.3 is 6.15 Å². The van der Waals surface area contributed by atoms with Crippen LogP contribution in [0.3, 0.4) is 0 Å². The first-order valence-corrected chi connectivity index (χ1v) is 10.3. The molecule has 0 spiro atoms. The molecule has 0 aromatic rings. The van der Waals surface area contributed by atoms with Crippen LogP contribution in [0.15, 0.2) is 0 Å². The maximum Gasteiger partial charge on any atom is 0.373 e. The highest BCUT2D eigenvalue weighted by atomic mass is 16.7. The highest BCUT2D eigenvalue weighted by Gasteiger charge is 2.45. The van der Waals surface area contributed by atoms with Gasteiger partial charge in [-0.1, -0.05) is 0 Å². The molecule has 0 aromatic heterocycles. The largest absolute Gasteiger partial charge is 0.394 e. The summed E-state index contributed by atoms with van der Waals surface area (Å²) in [5, 5.41) is 65.6. The van der Waals surface area contributed by atoms with E-state index in [1.54, 1.807) is 20.8 Å². The van der Waals surface area contributed by atoms with E-state index in [0.29, 0.717) is 0 Å². The van der Waals surface area contributed by atoms with Crippen LogP contribution in [-0.4, -0.2) is 122 Å². The number of rotatable bonds is 3. The monoisotopic (exact) mass is 486 g/mol. The van der Waals surface area contributed by atoms with Gasteiger partial charge in [-0.15, -0.1) is 0 Å². The summed E-state index contributed by atoms with van der Waals surface area (Å²) in [7, 11) is 0. The molecule has 2 aliphatic heterocycles. The molecular formula is C20H38O13. The first kappa shape index (κ1) is 31.9. The van der Waals surface area contributed by atoms with Crippen molar-refractivity contribution in [3.05, 3.63) is 0 Å². The van der Waals surface area contributed by atoms with E-state index in [4.69, 9.17) is 33.6 Å². The van der Waals surface area contributed by atoms with E-state index in [-0.39, 0.29) is 12.8 Å². The third-order valence-electron chi connectivity index (χ3n) is 4.24. The zero-order valence-corrected chi connectivity index (χ0v) is 19.7. The van der Waals surface area contributed by atoms with E-state index in [9.17, 15) is 30.6 Å². The van der Waals surface area contributed by atoms with E-state index in [1.165, 1.54) is 0 Å². The second-order valence-corrected chi connectivity index (χ2v) is 9.49. The van der Waals surface area contributed by atoms with E-state index >= 15 is 0 Å². The van der Waals surface area contributed by atoms with Crippen molar-refractivity contribution in [3.8, 4) is 0 Å². The number of aliphatic hydroxyl groups is 7. The van der Waals surface area contributed by atoms with Crippen LogP contribution in [0.5, 0.6) is 0 Å². The van der Waals surface area contributed by atoms with Crippen molar-refractivity contribution in [1.82, 2.24) is 0 Å². The molecule has 0 bridgehead atoms. The lowest BCUT2D eigenvalue weighted by atomic mass is 9.99. The van der Waals surface area contributed by atoms with E-state index in [0.717, 1.165) is 0 Å². The summed E-state index contributed by atoms with van der Waals surface area (Å²) in [6.45, 7) is 10.3. The third-order valence-corrected chi connectivity index (χ3v) is 4.24. The van der Waals surface area contributed by atoms with Crippen LogP contribution in [0.1, 0.15) is 41.5 Å². The van der Waals surface area contributed by atoms with Crippen molar-refractivity contribution in [3.63, 3.8) is 0 Å². The molecule has 196 valence electrons. The van der Waals surface area contributed by atoms with Crippen LogP contribution in [0.2, 0.25) is 0 Å². The molecule has 9 atom stereocenters. The third kappa shape index (κ3) is 11.3. The molecule has 2 heterocycles. The summed E-state index contributed by atoms with van der Waals surface area (Å²) in [5.41, 5.74) is -1.03. The average molecular weight is 487 g/mol. The van der Waals surface area contributed by atoms with Crippen LogP contribution in [0.4, 0.5) is 0 Å². The van der Waals surface area contributed by atoms with Gasteiger partial charge in [0.2, 0.25) is 0 Å². The van der Waals surface area contributed by atoms with Crippen LogP contribution in [-0.2, 0) is 28.5 Å². The van der Waals surface area contributed by atoms with Gasteiger partial charge in [0.25, 0.3) is 0 Å². The van der Waals surface area contributed by atoms with Crippen LogP contribution >= 0.6 is 0 Å². The maximum atomic E-state index is 9.64. The van der Waals surface area contributed by atoms with Gasteiger partial charge in [-0.3, -0.25) is 0 Å². The fourth-order valence-electron chi connectivity index (χ4n) is 2.74. The molecule has 2 fully saturated rings. The molecule has 0 aromatic carbocycles. The van der Waals surface area contributed by atoms with Gasteiger partial charge in [-0.25, -0.2) is 0 Å². The van der Waals surface area contributed by atoms with Crippen molar-refractivity contribution < 1.29 is 64.3 Å². The summed E-state index contributed by atoms with van der Waals surface area (Å²) >= 11 is 0. The molecular weight excluding hydrogens is 448 g/mol. The Morgan fingerprint density at radius 3 is 1.61 bits per heavy atom. The Kier molecular flexibility index (Phi) is 13.3. The lowest BCUT2D eigenvalue weighted by Gasteiger charge is -2.41. The lowest BCUT2D eigenvalue weighted by molar-refractivity contribution is -0.320. The van der Waals surface area contributed by atoms with Crippen molar-refractivity contribution in [1.29, 1.82) is 0 Å². The first-order chi connectivity index (χ1) is 15.0. The molecule has 13 nitrogen and oxygen atoms in total. The summed E-state index contributed by atoms with van der Waals surface area (Å²) in [6, 6.07) is 0. The van der Waals surface area contributed by atoms with Crippen LogP contribution < -0.4 is 0 Å². The zero-order chi connectivity index (χ0) is 26.1. The van der Waals surface area contributed by atoms with Gasteiger partial charge in [0.15, 0.2) is 12.6 Å². The van der Waals surface area contributed by atoms with Gasteiger partial charge in [0.05, 0.1) is 24.4 Å². The summed E-state index contributed by atoms with van der Waals surface area (Å²) in [4.78, 5) is 16.2. The molecule has 0 amide bonds. The fraction of sp³-hybridized carbons (Fsp3) is 0.950. The molecule has 2 rings (SSSR count). The molecule has 33 heavy (non-hydrogen) atoms. The molecule has 2 aliphatic rings. The highest BCUT2D eigenvalue weighted by Crippen LogP contribution is 2.25. The van der Waals surface area contributed by atoms with E-state index in [2.05, 4.69) is 0 Å². The van der Waals surface area contributed by atoms with Crippen molar-refractivity contribution in [2.24, 2.45) is 0 Å². The standard InChI is InChI=1S/C10H20O6.C9H18O5.CO2/c1-10(2,3)16-9-8(14)7(13)6(12)5(4-11)15-9;1-9(2,3)14-8-7(12)6(11)5(10)4-13-8;2-1-3/h5-9,11-14H,4H2,1-3H3;5-8,10-12H,4H2,1-3H3;/t5-,6-,7+,8-,9?;5-,6+,7-,8+;/m11./s1. The van der Waals surface area contributed by atoms with E-state index < -0.39 is 73.1 Å². The van der Waals surface area contributed by atoms with Crippen LogP contribution in [0.25, 0.3) is 0 Å². The Bertz CT molecular complexity index is 579. The smallest absolute Gasteiger partial charge is 0.373 e. The molecule has 2 saturated heterocycles. The normalized spacial score (nSPS) is 37.1. The molecule has 13 heteroatoms. The zero-order valence-electron chi connectivity index (χ0n) is 19.7. The topological polar surface area (TPSA) is 213 Å². The second kappa shape index (κ2) is 13.7. The van der Waals surface area contributed by atoms with Crippen molar-refractivity contribution in [2.75, 3.05) is 13.2 Å². The number of aliphatic hydroxyl groups excluding tert-OH is 7. The highest BCUT2D eigenvalue weighted by molar-refractivity contribution is 5.20. The van der Waals surface area contributed by atoms with Gasteiger partial charge < -0.3 is 54.7 Å². The summed E-state index contributed by atoms with van der Waals surface area (Å²) in [5.74, 6) is 0. The second-order valence-electron chi connectivity index (χ2n) is 9.49. The Morgan fingerprint density at radius 2 is 1.18 bits per heavy atom. The molecule has 0 aliphatic carbocycles. The number of carbonyl (C=O) groups excluding carboxylic acids is 2. The average Bonchev–Trinajstić information content (AvgIpc) is 2.68. The Morgan fingerprint density at radius 1 is 0.758 bits per heavy atom. The molecule has 0 saturated carbocycles. The molecule has 0 radical (unpaired) electrons. The number of ether oxygens (including phenoxy) is 4. The predicted molar refractivity (Wildman–Crippen MR) is 108 cm³/mol. The van der Waals surface area contributed by atoms with Gasteiger partial charge in [0, 0.05) is 0 Å². The predicted octanol–water partition coefficient (Wildman–Crippen LogP) is -2.74. The minimum atomic E-state index is -1.39. The fourth-order valence-corrected chi connectivity index (χ4v) is 2.74. The van der Waals surface area contributed by atoms with E-state index in [1.807, 2.05) is 20.8 Å². The Balaban J connectivity index is 0.000000558. The quantitative estimate of drug-likeness (QED) is 0.216. The van der Waals surface area contributed by atoms with Crippen molar-refractivity contribution in [2.45, 2.75) is 108 Å². The summed E-state index contributed by atoms with van der Waals surface area (Å²) in [6.07, 6.45) is -10.2. The molecule has 7 N–H and O–H groups in total.